The van der Waals surface area contributed by atoms with Crippen LogP contribution in [0.1, 0.15) is 90.5 Å². The monoisotopic (exact) mass is 884 g/mol. The summed E-state index contributed by atoms with van der Waals surface area (Å²) >= 11 is 27.5. The Balaban J connectivity index is 1.63. The normalized spacial score (nSPS) is 13.5. The molecule has 0 saturated carbocycles. The van der Waals surface area contributed by atoms with Gasteiger partial charge >= 0.3 is 5.97 Å². The van der Waals surface area contributed by atoms with Crippen LogP contribution in [0.2, 0.25) is 20.1 Å². The first-order chi connectivity index (χ1) is 28.9. The van der Waals surface area contributed by atoms with Crippen molar-refractivity contribution in [3.05, 3.63) is 163 Å². The van der Waals surface area contributed by atoms with E-state index in [-0.39, 0.29) is 25.7 Å². The smallest absolute Gasteiger partial charge is 0.341 e. The molecule has 0 bridgehead atoms. The van der Waals surface area contributed by atoms with Crippen LogP contribution in [0, 0.1) is 0 Å². The summed E-state index contributed by atoms with van der Waals surface area (Å²) in [4.78, 5) is 18.4. The third-order valence-electron chi connectivity index (χ3n) is 10.6. The van der Waals surface area contributed by atoms with Gasteiger partial charge in [0.2, 0.25) is 0 Å². The lowest BCUT2D eigenvalue weighted by Gasteiger charge is -2.27. The van der Waals surface area contributed by atoms with E-state index in [9.17, 15) is 4.79 Å². The highest BCUT2D eigenvalue weighted by Gasteiger charge is 2.48. The lowest BCUT2D eigenvalue weighted by atomic mass is 9.83. The number of fused-ring (bicyclic) bond motifs is 1. The standard InChI is InChI=1S/C50H52Cl4N2O4/c1-7-9-11-29-58-39-25-17-35(18-26-39)41(33-13-21-37(22-14-33)55(3)4)31-50(44-43(49(57)60-50)45(51)47(53)48(54)46(44)52)32-42(34-15-23-38(24-16-34)56(5)6)36-19-27-40(28-20-36)59-30-12-10-8-2/h13-28,31-32H,7-12,29-30H2,1-6H3/b41-31+,42-32+. The Kier molecular flexibility index (Phi) is 15.2. The van der Waals surface area contributed by atoms with E-state index in [4.69, 9.17) is 60.6 Å². The molecule has 0 aliphatic carbocycles. The maximum atomic E-state index is 14.3. The van der Waals surface area contributed by atoms with Gasteiger partial charge in [-0.1, -0.05) is 134 Å². The van der Waals surface area contributed by atoms with Gasteiger partial charge in [0.25, 0.3) is 0 Å². The molecule has 314 valence electrons. The number of hydrogen-bond donors (Lipinski definition) is 0. The summed E-state index contributed by atoms with van der Waals surface area (Å²) < 4.78 is 18.8. The van der Waals surface area contributed by atoms with E-state index in [0.717, 1.165) is 94.8 Å². The molecule has 0 saturated heterocycles. The Hall–Kier alpha value is -4.59. The first-order valence-electron chi connectivity index (χ1n) is 20.4. The minimum Gasteiger partial charge on any atom is -0.494 e. The molecule has 10 heteroatoms. The van der Waals surface area contributed by atoms with E-state index < -0.39 is 11.6 Å². The van der Waals surface area contributed by atoms with Crippen LogP contribution in [-0.2, 0) is 10.3 Å². The third kappa shape index (κ3) is 10.1. The molecule has 5 aromatic carbocycles. The fourth-order valence-corrected chi connectivity index (χ4v) is 8.29. The zero-order valence-corrected chi connectivity index (χ0v) is 38.1. The number of cyclic esters (lactones) is 1. The predicted molar refractivity (Wildman–Crippen MR) is 252 cm³/mol. The summed E-state index contributed by atoms with van der Waals surface area (Å²) in [5.74, 6) is 0.850. The van der Waals surface area contributed by atoms with Gasteiger partial charge in [0.15, 0.2) is 5.60 Å². The van der Waals surface area contributed by atoms with Gasteiger partial charge < -0.3 is 24.0 Å². The van der Waals surface area contributed by atoms with E-state index in [1.807, 2.05) is 98.7 Å². The number of carbonyl (C=O) groups excluding carboxylic acids is 1. The number of nitrogens with zero attached hydrogens (tertiary/aromatic N) is 2. The van der Waals surface area contributed by atoms with E-state index >= 15 is 0 Å². The largest absolute Gasteiger partial charge is 0.494 e. The highest BCUT2D eigenvalue weighted by atomic mass is 35.5. The third-order valence-corrected chi connectivity index (χ3v) is 12.4. The summed E-state index contributed by atoms with van der Waals surface area (Å²) in [7, 11) is 7.99. The summed E-state index contributed by atoms with van der Waals surface area (Å²) in [6.45, 7) is 5.61. The minimum absolute atomic E-state index is 0.0224. The highest BCUT2D eigenvalue weighted by Crippen LogP contribution is 2.53. The van der Waals surface area contributed by atoms with Gasteiger partial charge in [-0.05, 0) is 107 Å². The van der Waals surface area contributed by atoms with Crippen LogP contribution in [0.3, 0.4) is 0 Å². The summed E-state index contributed by atoms with van der Waals surface area (Å²) in [6.07, 6.45) is 10.3. The number of ether oxygens (including phenoxy) is 3. The van der Waals surface area contributed by atoms with Gasteiger partial charge in [-0.15, -0.1) is 0 Å². The van der Waals surface area contributed by atoms with Crippen LogP contribution >= 0.6 is 46.4 Å². The fourth-order valence-electron chi connectivity index (χ4n) is 7.21. The van der Waals surface area contributed by atoms with Gasteiger partial charge in [0, 0.05) is 45.1 Å². The molecule has 60 heavy (non-hydrogen) atoms. The van der Waals surface area contributed by atoms with Crippen molar-refractivity contribution in [2.75, 3.05) is 51.2 Å². The van der Waals surface area contributed by atoms with Gasteiger partial charge in [0.05, 0.1) is 38.9 Å². The van der Waals surface area contributed by atoms with Crippen molar-refractivity contribution in [2.24, 2.45) is 0 Å². The molecule has 0 fully saturated rings. The number of carbonyl (C=O) groups is 1. The second-order valence-corrected chi connectivity index (χ2v) is 16.9. The lowest BCUT2D eigenvalue weighted by molar-refractivity contribution is 0.0300. The average Bonchev–Trinajstić information content (AvgIpc) is 3.55. The maximum absolute atomic E-state index is 14.3. The van der Waals surface area contributed by atoms with Crippen molar-refractivity contribution in [2.45, 2.75) is 58.0 Å². The van der Waals surface area contributed by atoms with Crippen molar-refractivity contribution >= 4 is 74.9 Å². The topological polar surface area (TPSA) is 51.2 Å². The minimum atomic E-state index is -1.64. The van der Waals surface area contributed by atoms with Crippen LogP contribution in [-0.4, -0.2) is 47.4 Å². The second kappa shape index (κ2) is 20.3. The number of benzene rings is 5. The van der Waals surface area contributed by atoms with Crippen molar-refractivity contribution < 1.29 is 19.0 Å². The number of rotatable bonds is 18. The quantitative estimate of drug-likeness (QED) is 0.0378. The fraction of sp³-hybridized carbons (Fsp3) is 0.300. The molecule has 1 heterocycles. The lowest BCUT2D eigenvalue weighted by Crippen LogP contribution is -2.23. The van der Waals surface area contributed by atoms with Crippen molar-refractivity contribution in [3.63, 3.8) is 0 Å². The van der Waals surface area contributed by atoms with E-state index in [2.05, 4.69) is 62.4 Å². The van der Waals surface area contributed by atoms with Crippen LogP contribution < -0.4 is 19.3 Å². The van der Waals surface area contributed by atoms with Gasteiger partial charge in [-0.2, -0.15) is 0 Å². The molecule has 0 spiro atoms. The molecule has 1 aliphatic rings. The Morgan fingerprint density at radius 1 is 0.550 bits per heavy atom. The first-order valence-corrected chi connectivity index (χ1v) is 22.0. The van der Waals surface area contributed by atoms with E-state index in [1.54, 1.807) is 0 Å². The second-order valence-electron chi connectivity index (χ2n) is 15.3. The first kappa shape index (κ1) is 44.9. The molecule has 0 N–H and O–H groups in total. The molecular formula is C50H52Cl4N2O4. The van der Waals surface area contributed by atoms with Crippen LogP contribution in [0.25, 0.3) is 11.1 Å². The number of halogens is 4. The zero-order chi connectivity index (χ0) is 43.0. The molecule has 0 radical (unpaired) electrons. The zero-order valence-electron chi connectivity index (χ0n) is 35.1. The van der Waals surface area contributed by atoms with E-state index in [0.29, 0.717) is 18.8 Å². The Bertz CT molecular complexity index is 2200. The molecule has 0 aromatic heterocycles. The van der Waals surface area contributed by atoms with Gasteiger partial charge in [0.1, 0.15) is 11.5 Å². The Morgan fingerprint density at radius 2 is 0.917 bits per heavy atom. The maximum Gasteiger partial charge on any atom is 0.341 e. The molecule has 0 atom stereocenters. The molecule has 0 unspecified atom stereocenters. The number of hydrogen-bond acceptors (Lipinski definition) is 6. The molecule has 6 rings (SSSR count). The van der Waals surface area contributed by atoms with Gasteiger partial charge in [-0.3, -0.25) is 0 Å². The van der Waals surface area contributed by atoms with Crippen LogP contribution in [0.4, 0.5) is 11.4 Å². The van der Waals surface area contributed by atoms with Crippen LogP contribution in [0.5, 0.6) is 11.5 Å². The highest BCUT2D eigenvalue weighted by molar-refractivity contribution is 6.53. The van der Waals surface area contributed by atoms with E-state index in [1.165, 1.54) is 0 Å². The molecule has 1 aliphatic heterocycles. The summed E-state index contributed by atoms with van der Waals surface area (Å²) in [5, 5.41) is 0.0358. The number of esters is 1. The molecule has 6 nitrogen and oxygen atoms in total. The van der Waals surface area contributed by atoms with Crippen molar-refractivity contribution in [3.8, 4) is 11.5 Å². The average molecular weight is 887 g/mol. The Labute approximate surface area is 375 Å². The predicted octanol–water partition coefficient (Wildman–Crippen LogP) is 14.2. The summed E-state index contributed by atoms with van der Waals surface area (Å²) in [5.41, 5.74) is 5.76. The number of anilines is 2. The van der Waals surface area contributed by atoms with Crippen LogP contribution in [0.15, 0.2) is 109 Å². The molecule has 5 aromatic rings. The molecular weight excluding hydrogens is 834 g/mol. The summed E-state index contributed by atoms with van der Waals surface area (Å²) in [6, 6.07) is 32.3. The SMILES string of the molecule is CCCCCOc1ccc(/C(=C/C2(/C=C(/c3ccc(OCCCCC)cc3)c3ccc(N(C)C)cc3)OC(=O)c3c(Cl)c(Cl)c(Cl)c(Cl)c32)c2ccc(N(C)C)cc2)cc1. The number of unbranched alkanes of at least 4 members (excludes halogenated alkanes) is 4. The van der Waals surface area contributed by atoms with Gasteiger partial charge in [-0.25, -0.2) is 4.79 Å². The molecule has 0 amide bonds. The van der Waals surface area contributed by atoms with Crippen molar-refractivity contribution in [1.82, 2.24) is 0 Å². The van der Waals surface area contributed by atoms with Crippen molar-refractivity contribution in [1.29, 1.82) is 0 Å². The Morgan fingerprint density at radius 3 is 1.28 bits per heavy atom.